The molecule has 2 aromatic carbocycles. The van der Waals surface area contributed by atoms with Crippen molar-refractivity contribution in [3.05, 3.63) is 60.2 Å². The molecule has 2 aromatic rings. The van der Waals surface area contributed by atoms with E-state index in [2.05, 4.69) is 24.4 Å². The minimum atomic E-state index is -0.133. The lowest BCUT2D eigenvalue weighted by Crippen LogP contribution is -2.33. The van der Waals surface area contributed by atoms with Crippen LogP contribution in [0.15, 0.2) is 59.5 Å². The number of ether oxygens (including phenoxy) is 1. The van der Waals surface area contributed by atoms with Crippen molar-refractivity contribution in [2.45, 2.75) is 29.9 Å². The Hall–Kier alpha value is -1.94. The van der Waals surface area contributed by atoms with Gasteiger partial charge in [-0.1, -0.05) is 37.3 Å². The average molecular weight is 329 g/mol. The van der Waals surface area contributed by atoms with Crippen molar-refractivity contribution in [1.82, 2.24) is 5.32 Å². The largest absolute Gasteiger partial charge is 0.497 e. The van der Waals surface area contributed by atoms with Crippen LogP contribution in [0.25, 0.3) is 0 Å². The molecule has 0 aliphatic heterocycles. The second kappa shape index (κ2) is 8.63. The Morgan fingerprint density at radius 2 is 1.74 bits per heavy atom. The Balaban J connectivity index is 1.82. The van der Waals surface area contributed by atoms with Gasteiger partial charge in [-0.2, -0.15) is 0 Å². The van der Waals surface area contributed by atoms with Gasteiger partial charge in [-0.05, 0) is 42.7 Å². The Morgan fingerprint density at radius 1 is 1.09 bits per heavy atom. The van der Waals surface area contributed by atoms with Crippen LogP contribution in [0.1, 0.15) is 25.3 Å². The third-order valence-electron chi connectivity index (χ3n) is 3.69. The maximum absolute atomic E-state index is 12.2. The molecule has 0 bridgehead atoms. The van der Waals surface area contributed by atoms with E-state index in [-0.39, 0.29) is 11.2 Å². The van der Waals surface area contributed by atoms with Gasteiger partial charge in [0, 0.05) is 11.4 Å². The van der Waals surface area contributed by atoms with Crippen molar-refractivity contribution in [3.63, 3.8) is 0 Å². The van der Waals surface area contributed by atoms with Crippen LogP contribution < -0.4 is 10.1 Å². The van der Waals surface area contributed by atoms with Crippen molar-refractivity contribution in [1.29, 1.82) is 0 Å². The van der Waals surface area contributed by atoms with E-state index < -0.39 is 0 Å². The summed E-state index contributed by atoms with van der Waals surface area (Å²) < 4.78 is 5.14. The third-order valence-corrected chi connectivity index (χ3v) is 4.80. The molecule has 0 aromatic heterocycles. The first-order valence-electron chi connectivity index (χ1n) is 7.73. The summed E-state index contributed by atoms with van der Waals surface area (Å²) in [6.07, 6.45) is 0. The molecule has 1 N–H and O–H groups in total. The summed E-state index contributed by atoms with van der Waals surface area (Å²) in [5.41, 5.74) is 1.24. The number of carbonyl (C=O) groups is 1. The minimum Gasteiger partial charge on any atom is -0.497 e. The number of hydrogen-bond acceptors (Lipinski definition) is 3. The summed E-state index contributed by atoms with van der Waals surface area (Å²) in [7, 11) is 1.64. The Kier molecular flexibility index (Phi) is 6.53. The van der Waals surface area contributed by atoms with E-state index >= 15 is 0 Å². The minimum absolute atomic E-state index is 0.0635. The summed E-state index contributed by atoms with van der Waals surface area (Å²) in [4.78, 5) is 13.3. The van der Waals surface area contributed by atoms with E-state index in [1.165, 1.54) is 5.56 Å². The van der Waals surface area contributed by atoms with Crippen LogP contribution in [0.2, 0.25) is 0 Å². The highest BCUT2D eigenvalue weighted by Gasteiger charge is 2.15. The number of hydrogen-bond donors (Lipinski definition) is 1. The molecule has 0 saturated heterocycles. The molecule has 0 spiro atoms. The first kappa shape index (κ1) is 17.4. The molecule has 23 heavy (non-hydrogen) atoms. The third kappa shape index (κ3) is 5.32. The number of rotatable bonds is 7. The predicted octanol–water partition coefficient (Wildman–Crippen LogP) is 4.10. The van der Waals surface area contributed by atoms with Crippen LogP contribution in [-0.2, 0) is 4.79 Å². The monoisotopic (exact) mass is 329 g/mol. The normalized spacial score (nSPS) is 13.2. The van der Waals surface area contributed by atoms with Gasteiger partial charge in [-0.15, -0.1) is 11.8 Å². The number of methoxy groups -OCH3 is 1. The van der Waals surface area contributed by atoms with Gasteiger partial charge >= 0.3 is 0 Å². The number of benzene rings is 2. The molecule has 3 nitrogen and oxygen atoms in total. The Morgan fingerprint density at radius 3 is 2.35 bits per heavy atom. The summed E-state index contributed by atoms with van der Waals surface area (Å²) >= 11 is 1.55. The van der Waals surface area contributed by atoms with Crippen LogP contribution in [0, 0.1) is 0 Å². The molecule has 0 saturated carbocycles. The lowest BCUT2D eigenvalue weighted by molar-refractivity contribution is -0.120. The van der Waals surface area contributed by atoms with E-state index in [1.807, 2.05) is 49.4 Å². The molecule has 4 heteroatoms. The van der Waals surface area contributed by atoms with Crippen molar-refractivity contribution in [3.8, 4) is 5.75 Å². The lowest BCUT2D eigenvalue weighted by Gasteiger charge is -2.16. The molecule has 0 unspecified atom stereocenters. The van der Waals surface area contributed by atoms with Crippen molar-refractivity contribution in [2.24, 2.45) is 0 Å². The summed E-state index contributed by atoms with van der Waals surface area (Å²) in [6, 6.07) is 18.0. The van der Waals surface area contributed by atoms with Crippen molar-refractivity contribution in [2.75, 3.05) is 13.7 Å². The average Bonchev–Trinajstić information content (AvgIpc) is 2.60. The van der Waals surface area contributed by atoms with Crippen molar-refractivity contribution < 1.29 is 9.53 Å². The number of carbonyl (C=O) groups excluding carboxylic acids is 1. The van der Waals surface area contributed by atoms with E-state index in [0.717, 1.165) is 10.6 Å². The van der Waals surface area contributed by atoms with Crippen LogP contribution in [0.4, 0.5) is 0 Å². The molecule has 1 amide bonds. The molecule has 2 atom stereocenters. The molecular formula is C19H23NO2S. The highest BCUT2D eigenvalue weighted by atomic mass is 32.2. The predicted molar refractivity (Wildman–Crippen MR) is 96.2 cm³/mol. The second-order valence-electron chi connectivity index (χ2n) is 5.49. The Bertz CT molecular complexity index is 613. The fourth-order valence-electron chi connectivity index (χ4n) is 2.21. The molecule has 122 valence electrons. The fourth-order valence-corrected chi connectivity index (χ4v) is 3.10. The van der Waals surface area contributed by atoms with Gasteiger partial charge in [0.05, 0.1) is 12.4 Å². The van der Waals surface area contributed by atoms with Gasteiger partial charge in [0.15, 0.2) is 0 Å². The molecule has 0 heterocycles. The second-order valence-corrected chi connectivity index (χ2v) is 6.91. The smallest absolute Gasteiger partial charge is 0.233 e. The zero-order chi connectivity index (χ0) is 16.7. The van der Waals surface area contributed by atoms with Crippen LogP contribution in [0.3, 0.4) is 0 Å². The maximum Gasteiger partial charge on any atom is 0.233 e. The lowest BCUT2D eigenvalue weighted by atomic mass is 10.0. The fraction of sp³-hybridized carbons (Fsp3) is 0.316. The summed E-state index contributed by atoms with van der Waals surface area (Å²) in [6.45, 7) is 4.70. The van der Waals surface area contributed by atoms with Crippen molar-refractivity contribution >= 4 is 17.7 Å². The number of thioether (sulfide) groups is 1. The Labute approximate surface area is 142 Å². The SMILES string of the molecule is COc1ccc(S[C@H](C)C(=O)NC[C@H](C)c2ccccc2)cc1. The van der Waals surface area contributed by atoms with E-state index in [4.69, 9.17) is 4.74 Å². The first-order chi connectivity index (χ1) is 11.1. The van der Waals surface area contributed by atoms with E-state index in [1.54, 1.807) is 18.9 Å². The summed E-state index contributed by atoms with van der Waals surface area (Å²) in [5, 5.41) is 2.91. The van der Waals surface area contributed by atoms with Gasteiger partial charge < -0.3 is 10.1 Å². The highest BCUT2D eigenvalue weighted by Crippen LogP contribution is 2.25. The molecule has 0 aliphatic carbocycles. The molecule has 0 fully saturated rings. The zero-order valence-corrected chi connectivity index (χ0v) is 14.6. The zero-order valence-electron chi connectivity index (χ0n) is 13.8. The molecule has 2 rings (SSSR count). The van der Waals surface area contributed by atoms with Crippen LogP contribution in [0.5, 0.6) is 5.75 Å². The standard InChI is InChI=1S/C19H23NO2S/c1-14(16-7-5-4-6-8-16)13-20-19(21)15(2)23-18-11-9-17(22-3)10-12-18/h4-12,14-15H,13H2,1-3H3,(H,20,21)/t14-,15+/m0/s1. The number of amides is 1. The molecule has 0 aliphatic rings. The topological polar surface area (TPSA) is 38.3 Å². The van der Waals surface area contributed by atoms with Gasteiger partial charge in [0.25, 0.3) is 0 Å². The first-order valence-corrected chi connectivity index (χ1v) is 8.61. The quantitative estimate of drug-likeness (QED) is 0.777. The van der Waals surface area contributed by atoms with E-state index in [9.17, 15) is 4.79 Å². The van der Waals surface area contributed by atoms with Gasteiger partial charge in [0.1, 0.15) is 5.75 Å². The molecular weight excluding hydrogens is 306 g/mol. The maximum atomic E-state index is 12.2. The number of nitrogens with one attached hydrogen (secondary N) is 1. The summed E-state index contributed by atoms with van der Waals surface area (Å²) in [5.74, 6) is 1.19. The van der Waals surface area contributed by atoms with Gasteiger partial charge in [-0.3, -0.25) is 4.79 Å². The molecule has 0 radical (unpaired) electrons. The highest BCUT2D eigenvalue weighted by molar-refractivity contribution is 8.00. The van der Waals surface area contributed by atoms with Crippen LogP contribution >= 0.6 is 11.8 Å². The van der Waals surface area contributed by atoms with Gasteiger partial charge in [-0.25, -0.2) is 0 Å². The van der Waals surface area contributed by atoms with E-state index in [0.29, 0.717) is 12.5 Å². The van der Waals surface area contributed by atoms with Gasteiger partial charge in [0.2, 0.25) is 5.91 Å². The van der Waals surface area contributed by atoms with Crippen LogP contribution in [-0.4, -0.2) is 24.8 Å².